The third kappa shape index (κ3) is 3.84. The van der Waals surface area contributed by atoms with Crippen molar-refractivity contribution in [2.75, 3.05) is 13.1 Å². The fourth-order valence-corrected chi connectivity index (χ4v) is 3.68. The molecule has 1 aliphatic rings. The molecule has 29 heavy (non-hydrogen) atoms. The molecule has 0 spiro atoms. The molecule has 0 saturated carbocycles. The Morgan fingerprint density at radius 3 is 2.55 bits per heavy atom. The van der Waals surface area contributed by atoms with Crippen molar-refractivity contribution in [2.24, 2.45) is 5.73 Å². The number of halogens is 4. The second-order valence-corrected chi connectivity index (χ2v) is 7.12. The molecular weight excluding hydrogens is 411 g/mol. The molecule has 3 rings (SSSR count). The van der Waals surface area contributed by atoms with Crippen molar-refractivity contribution in [3.05, 3.63) is 58.6 Å². The Kier molecular flexibility index (Phi) is 5.40. The highest BCUT2D eigenvalue weighted by molar-refractivity contribution is 6.30. The number of carbonyl (C=O) groups excluding carboxylic acids is 2. The molecule has 11 heteroatoms. The van der Waals surface area contributed by atoms with Gasteiger partial charge in [0, 0.05) is 24.3 Å². The summed E-state index contributed by atoms with van der Waals surface area (Å²) in [6, 6.07) is 6.61. The second kappa shape index (κ2) is 7.51. The minimum Gasteiger partial charge on any atom is -0.352 e. The largest absolute Gasteiger partial charge is 0.451 e. The summed E-state index contributed by atoms with van der Waals surface area (Å²) in [5.74, 6) is -2.97. The van der Waals surface area contributed by atoms with E-state index in [2.05, 4.69) is 15.3 Å². The van der Waals surface area contributed by atoms with E-state index in [4.69, 9.17) is 17.3 Å². The average molecular weight is 428 g/mol. The minimum absolute atomic E-state index is 0.0829. The summed E-state index contributed by atoms with van der Waals surface area (Å²) >= 11 is 5.94. The summed E-state index contributed by atoms with van der Waals surface area (Å²) < 4.78 is 39.6. The number of urea groups is 1. The van der Waals surface area contributed by atoms with Gasteiger partial charge < -0.3 is 16.0 Å². The van der Waals surface area contributed by atoms with Crippen LogP contribution >= 0.6 is 11.6 Å². The summed E-state index contributed by atoms with van der Waals surface area (Å²) in [7, 11) is 0. The van der Waals surface area contributed by atoms with Gasteiger partial charge in [0.05, 0.1) is 11.6 Å². The normalized spacial score (nSPS) is 20.9. The molecule has 0 bridgehead atoms. The number of aromatic nitrogens is 2. The van der Waals surface area contributed by atoms with Gasteiger partial charge in [-0.1, -0.05) is 23.7 Å². The van der Waals surface area contributed by atoms with Crippen LogP contribution in [-0.4, -0.2) is 45.4 Å². The molecule has 154 valence electrons. The van der Waals surface area contributed by atoms with Crippen LogP contribution in [0, 0.1) is 0 Å². The van der Waals surface area contributed by atoms with Crippen LogP contribution in [0.1, 0.15) is 29.9 Å². The van der Waals surface area contributed by atoms with E-state index in [1.807, 2.05) is 0 Å². The first-order valence-corrected chi connectivity index (χ1v) is 8.94. The van der Waals surface area contributed by atoms with E-state index in [9.17, 15) is 22.8 Å². The molecule has 2 atom stereocenters. The van der Waals surface area contributed by atoms with E-state index in [0.29, 0.717) is 10.6 Å². The number of hydrogen-bond acceptors (Lipinski definition) is 4. The molecule has 0 radical (unpaired) electrons. The SMILES string of the molecule is CC1([C@H](c2ccc(Cl)cc2)c2ccnc(C(F)(F)F)n2)C(=O)NCCN1C(N)=O. The van der Waals surface area contributed by atoms with Gasteiger partial charge in [-0.2, -0.15) is 13.2 Å². The molecule has 3 N–H and O–H groups in total. The predicted octanol–water partition coefficient (Wildman–Crippen LogP) is 2.55. The number of piperazine rings is 1. The van der Waals surface area contributed by atoms with Crippen molar-refractivity contribution in [3.63, 3.8) is 0 Å². The monoisotopic (exact) mass is 427 g/mol. The van der Waals surface area contributed by atoms with Crippen molar-refractivity contribution in [1.82, 2.24) is 20.2 Å². The smallest absolute Gasteiger partial charge is 0.352 e. The molecule has 1 aromatic heterocycles. The number of benzene rings is 1. The van der Waals surface area contributed by atoms with Crippen LogP contribution in [-0.2, 0) is 11.0 Å². The zero-order chi connectivity index (χ0) is 21.4. The van der Waals surface area contributed by atoms with Crippen LogP contribution in [0.2, 0.25) is 5.02 Å². The van der Waals surface area contributed by atoms with Crippen molar-refractivity contribution in [1.29, 1.82) is 0 Å². The van der Waals surface area contributed by atoms with E-state index in [1.165, 1.54) is 25.1 Å². The highest BCUT2D eigenvalue weighted by Gasteiger charge is 2.52. The van der Waals surface area contributed by atoms with Crippen molar-refractivity contribution >= 4 is 23.5 Å². The van der Waals surface area contributed by atoms with Crippen LogP contribution in [0.15, 0.2) is 36.5 Å². The number of rotatable bonds is 3. The van der Waals surface area contributed by atoms with Gasteiger partial charge in [0.1, 0.15) is 5.54 Å². The number of alkyl halides is 3. The Labute approximate surface area is 169 Å². The lowest BCUT2D eigenvalue weighted by Crippen LogP contribution is -2.68. The molecule has 1 saturated heterocycles. The minimum atomic E-state index is -4.78. The molecule has 2 heterocycles. The van der Waals surface area contributed by atoms with Crippen molar-refractivity contribution < 1.29 is 22.8 Å². The van der Waals surface area contributed by atoms with Gasteiger partial charge in [-0.05, 0) is 30.7 Å². The number of carbonyl (C=O) groups is 2. The second-order valence-electron chi connectivity index (χ2n) is 6.68. The maximum absolute atomic E-state index is 13.2. The van der Waals surface area contributed by atoms with Crippen LogP contribution < -0.4 is 11.1 Å². The summed E-state index contributed by atoms with van der Waals surface area (Å²) in [5.41, 5.74) is 4.22. The highest BCUT2D eigenvalue weighted by Crippen LogP contribution is 2.40. The Balaban J connectivity index is 2.25. The van der Waals surface area contributed by atoms with E-state index < -0.39 is 35.4 Å². The fourth-order valence-electron chi connectivity index (χ4n) is 3.55. The summed E-state index contributed by atoms with van der Waals surface area (Å²) in [6.45, 7) is 1.71. The maximum atomic E-state index is 13.2. The van der Waals surface area contributed by atoms with E-state index in [-0.39, 0.29) is 18.8 Å². The Morgan fingerprint density at radius 1 is 1.31 bits per heavy atom. The molecular formula is C18H17ClF3N5O2. The van der Waals surface area contributed by atoms with Gasteiger partial charge in [-0.3, -0.25) is 4.79 Å². The molecule has 3 amide bonds. The lowest BCUT2D eigenvalue weighted by Gasteiger charge is -2.47. The molecule has 1 aliphatic heterocycles. The third-order valence-corrected chi connectivity index (χ3v) is 5.15. The summed E-state index contributed by atoms with van der Waals surface area (Å²) in [6.07, 6.45) is -3.81. The standard InChI is InChI=1S/C18H17ClF3N5O2/c1-17(15(28)25-8-9-27(17)16(23)29)13(10-2-4-11(19)5-3-10)12-6-7-24-14(26-12)18(20,21)22/h2-7,13H,8-9H2,1H3,(H2,23,29)(H,25,28)/t13-,17?/m1/s1. The third-order valence-electron chi connectivity index (χ3n) is 4.90. The number of amides is 3. The fraction of sp³-hybridized carbons (Fsp3) is 0.333. The first-order valence-electron chi connectivity index (χ1n) is 8.56. The van der Waals surface area contributed by atoms with Crippen LogP contribution in [0.5, 0.6) is 0 Å². The van der Waals surface area contributed by atoms with E-state index >= 15 is 0 Å². The van der Waals surface area contributed by atoms with Crippen LogP contribution in [0.4, 0.5) is 18.0 Å². The first kappa shape index (κ1) is 20.8. The van der Waals surface area contributed by atoms with Crippen molar-refractivity contribution in [2.45, 2.75) is 24.6 Å². The number of nitrogens with zero attached hydrogens (tertiary/aromatic N) is 3. The van der Waals surface area contributed by atoms with E-state index in [0.717, 1.165) is 11.1 Å². The Morgan fingerprint density at radius 2 is 1.97 bits per heavy atom. The first-order chi connectivity index (χ1) is 13.5. The van der Waals surface area contributed by atoms with Gasteiger partial charge in [-0.25, -0.2) is 14.8 Å². The summed E-state index contributed by atoms with van der Waals surface area (Å²) in [4.78, 5) is 33.1. The van der Waals surface area contributed by atoms with Gasteiger partial charge in [-0.15, -0.1) is 0 Å². The molecule has 2 aromatic rings. The number of nitrogens with one attached hydrogen (secondary N) is 1. The molecule has 1 aromatic carbocycles. The quantitative estimate of drug-likeness (QED) is 0.786. The topological polar surface area (TPSA) is 101 Å². The van der Waals surface area contributed by atoms with Gasteiger partial charge >= 0.3 is 12.2 Å². The van der Waals surface area contributed by atoms with Gasteiger partial charge in [0.25, 0.3) is 0 Å². The summed E-state index contributed by atoms with van der Waals surface area (Å²) in [5, 5.41) is 3.05. The zero-order valence-corrected chi connectivity index (χ0v) is 16.0. The molecule has 7 nitrogen and oxygen atoms in total. The zero-order valence-electron chi connectivity index (χ0n) is 15.2. The average Bonchev–Trinajstić information content (AvgIpc) is 2.65. The van der Waals surface area contributed by atoms with Crippen LogP contribution in [0.3, 0.4) is 0 Å². The predicted molar refractivity (Wildman–Crippen MR) is 98.0 cm³/mol. The van der Waals surface area contributed by atoms with Gasteiger partial charge in [0.15, 0.2) is 0 Å². The molecule has 0 aliphatic carbocycles. The number of hydrogen-bond donors (Lipinski definition) is 2. The van der Waals surface area contributed by atoms with Crippen LogP contribution in [0.25, 0.3) is 0 Å². The lowest BCUT2D eigenvalue weighted by atomic mass is 9.75. The number of nitrogens with two attached hydrogens (primary N) is 1. The Hall–Kier alpha value is -2.88. The van der Waals surface area contributed by atoms with Crippen molar-refractivity contribution in [3.8, 4) is 0 Å². The highest BCUT2D eigenvalue weighted by atomic mass is 35.5. The Bertz CT molecular complexity index is 938. The molecule has 1 fully saturated rings. The molecule has 1 unspecified atom stereocenters. The van der Waals surface area contributed by atoms with E-state index in [1.54, 1.807) is 12.1 Å². The van der Waals surface area contributed by atoms with Gasteiger partial charge in [0.2, 0.25) is 11.7 Å². The lowest BCUT2D eigenvalue weighted by molar-refractivity contribution is -0.145. The number of primary amides is 1. The maximum Gasteiger partial charge on any atom is 0.451 e.